The van der Waals surface area contributed by atoms with Crippen LogP contribution in [-0.4, -0.2) is 10.9 Å². The number of benzene rings is 1. The zero-order valence-electron chi connectivity index (χ0n) is 16.5. The molecule has 4 rings (SSSR count). The molecule has 1 amide bonds. The fourth-order valence-electron chi connectivity index (χ4n) is 3.23. The van der Waals surface area contributed by atoms with Crippen LogP contribution in [0.5, 0.6) is 0 Å². The molecule has 3 heterocycles. The lowest BCUT2D eigenvalue weighted by atomic mass is 9.96. The second kappa shape index (κ2) is 8.51. The lowest BCUT2D eigenvalue weighted by molar-refractivity contribution is 0.0997. The molecule has 0 aliphatic heterocycles. The van der Waals surface area contributed by atoms with Gasteiger partial charge in [0.25, 0.3) is 5.91 Å². The summed E-state index contributed by atoms with van der Waals surface area (Å²) in [5.41, 5.74) is 2.82. The van der Waals surface area contributed by atoms with E-state index in [-0.39, 0.29) is 23.5 Å². The van der Waals surface area contributed by atoms with Gasteiger partial charge in [-0.1, -0.05) is 18.2 Å². The molecule has 0 radical (unpaired) electrons. The molecule has 1 aromatic carbocycles. The van der Waals surface area contributed by atoms with E-state index in [0.717, 1.165) is 21.6 Å². The van der Waals surface area contributed by atoms with E-state index in [2.05, 4.69) is 15.6 Å². The number of nitrogens with one attached hydrogen (secondary N) is 2. The molecule has 0 spiro atoms. The highest BCUT2D eigenvalue weighted by Gasteiger charge is 2.25. The van der Waals surface area contributed by atoms with Crippen LogP contribution in [0.3, 0.4) is 0 Å². The second-order valence-corrected chi connectivity index (χ2v) is 8.03. The van der Waals surface area contributed by atoms with Gasteiger partial charge in [-0.25, -0.2) is 9.37 Å². The van der Waals surface area contributed by atoms with Crippen molar-refractivity contribution >= 4 is 28.1 Å². The number of hydrogen-bond donors (Lipinski definition) is 2. The van der Waals surface area contributed by atoms with Gasteiger partial charge in [0.2, 0.25) is 0 Å². The molecule has 0 fully saturated rings. The Morgan fingerprint density at radius 1 is 1.10 bits per heavy atom. The van der Waals surface area contributed by atoms with Gasteiger partial charge in [-0.3, -0.25) is 4.79 Å². The smallest absolute Gasteiger partial charge is 0.291 e. The third-order valence-corrected chi connectivity index (χ3v) is 5.99. The summed E-state index contributed by atoms with van der Waals surface area (Å²) in [6, 6.07) is 14.9. The number of aromatic nitrogens is 1. The van der Waals surface area contributed by atoms with Crippen molar-refractivity contribution < 1.29 is 13.6 Å². The van der Waals surface area contributed by atoms with Crippen molar-refractivity contribution in [2.45, 2.75) is 19.9 Å². The average Bonchev–Trinajstić information content (AvgIpc) is 3.37. The first-order valence-electron chi connectivity index (χ1n) is 9.40. The molecule has 2 N–H and O–H groups in total. The number of pyridine rings is 1. The first-order valence-corrected chi connectivity index (χ1v) is 10.2. The lowest BCUT2D eigenvalue weighted by Gasteiger charge is -2.22. The maximum atomic E-state index is 13.6. The number of anilines is 2. The molecule has 3 aromatic heterocycles. The van der Waals surface area contributed by atoms with Gasteiger partial charge in [0.05, 0.1) is 12.3 Å². The highest BCUT2D eigenvalue weighted by atomic mass is 32.1. The van der Waals surface area contributed by atoms with Gasteiger partial charge >= 0.3 is 0 Å². The Labute approximate surface area is 177 Å². The van der Waals surface area contributed by atoms with E-state index in [1.54, 1.807) is 30.5 Å². The van der Waals surface area contributed by atoms with Crippen molar-refractivity contribution in [1.82, 2.24) is 4.98 Å². The maximum absolute atomic E-state index is 13.6. The van der Waals surface area contributed by atoms with Crippen LogP contribution in [0.15, 0.2) is 71.5 Å². The minimum absolute atomic E-state index is 0.237. The monoisotopic (exact) mass is 421 g/mol. The highest BCUT2D eigenvalue weighted by Crippen LogP contribution is 2.41. The number of furan rings is 1. The second-order valence-electron chi connectivity index (χ2n) is 6.80. The molecule has 0 unspecified atom stereocenters. The Balaban J connectivity index is 1.77. The van der Waals surface area contributed by atoms with Crippen LogP contribution >= 0.6 is 11.3 Å². The molecule has 0 aliphatic carbocycles. The van der Waals surface area contributed by atoms with Crippen LogP contribution in [-0.2, 0) is 0 Å². The predicted octanol–water partition coefficient (Wildman–Crippen LogP) is 5.95. The SMILES string of the molecule is Cc1sc(NC(=O)c2ccco2)c([C@@H](Nc2ccccn2)c2ccc(F)cc2)c1C. The van der Waals surface area contributed by atoms with Gasteiger partial charge in [-0.15, -0.1) is 11.3 Å². The first kappa shape index (κ1) is 19.8. The quantitative estimate of drug-likeness (QED) is 0.404. The van der Waals surface area contributed by atoms with E-state index < -0.39 is 0 Å². The molecule has 0 aliphatic rings. The lowest BCUT2D eigenvalue weighted by Crippen LogP contribution is -2.17. The Bertz CT molecular complexity index is 1140. The molecule has 7 heteroatoms. The predicted molar refractivity (Wildman–Crippen MR) is 117 cm³/mol. The summed E-state index contributed by atoms with van der Waals surface area (Å²) in [6.07, 6.45) is 3.17. The molecule has 1 atom stereocenters. The van der Waals surface area contributed by atoms with E-state index in [0.29, 0.717) is 10.8 Å². The van der Waals surface area contributed by atoms with Crippen molar-refractivity contribution in [1.29, 1.82) is 0 Å². The number of amides is 1. The number of aryl methyl sites for hydroxylation is 1. The molecule has 4 aromatic rings. The Morgan fingerprint density at radius 2 is 1.90 bits per heavy atom. The van der Waals surface area contributed by atoms with E-state index in [4.69, 9.17) is 4.42 Å². The molecule has 30 heavy (non-hydrogen) atoms. The molecule has 0 bridgehead atoms. The first-order chi connectivity index (χ1) is 14.5. The van der Waals surface area contributed by atoms with Crippen LogP contribution in [0.1, 0.15) is 38.2 Å². The van der Waals surface area contributed by atoms with Gasteiger partial charge in [-0.2, -0.15) is 0 Å². The highest BCUT2D eigenvalue weighted by molar-refractivity contribution is 7.16. The summed E-state index contributed by atoms with van der Waals surface area (Å²) in [7, 11) is 0. The van der Waals surface area contributed by atoms with Crippen LogP contribution in [0.25, 0.3) is 0 Å². The summed E-state index contributed by atoms with van der Waals surface area (Å²) in [5.74, 6) is 0.289. The normalized spacial score (nSPS) is 11.8. The van der Waals surface area contributed by atoms with Crippen molar-refractivity contribution in [2.75, 3.05) is 10.6 Å². The number of carbonyl (C=O) groups is 1. The summed E-state index contributed by atoms with van der Waals surface area (Å²) < 4.78 is 18.8. The van der Waals surface area contributed by atoms with Crippen molar-refractivity contribution in [3.05, 3.63) is 100 Å². The Morgan fingerprint density at radius 3 is 2.57 bits per heavy atom. The van der Waals surface area contributed by atoms with Crippen LogP contribution in [0, 0.1) is 19.7 Å². The van der Waals surface area contributed by atoms with Crippen LogP contribution in [0.2, 0.25) is 0 Å². The van der Waals surface area contributed by atoms with E-state index >= 15 is 0 Å². The zero-order valence-corrected chi connectivity index (χ0v) is 17.3. The third kappa shape index (κ3) is 4.11. The Kier molecular flexibility index (Phi) is 5.63. The molecule has 0 saturated heterocycles. The van der Waals surface area contributed by atoms with Gasteiger partial charge in [0.1, 0.15) is 16.6 Å². The molecular weight excluding hydrogens is 401 g/mol. The number of thiophene rings is 1. The molecule has 152 valence electrons. The van der Waals surface area contributed by atoms with E-state index in [1.165, 1.54) is 29.7 Å². The van der Waals surface area contributed by atoms with Gasteiger partial charge < -0.3 is 15.1 Å². The van der Waals surface area contributed by atoms with Crippen molar-refractivity contribution in [2.24, 2.45) is 0 Å². The van der Waals surface area contributed by atoms with Crippen LogP contribution in [0.4, 0.5) is 15.2 Å². The summed E-state index contributed by atoms with van der Waals surface area (Å²) in [4.78, 5) is 18.1. The fourth-order valence-corrected chi connectivity index (χ4v) is 4.32. The number of nitrogens with zero attached hydrogens (tertiary/aromatic N) is 1. The number of carbonyl (C=O) groups excluding carboxylic acids is 1. The average molecular weight is 421 g/mol. The minimum atomic E-state index is -0.336. The zero-order chi connectivity index (χ0) is 21.1. The van der Waals surface area contributed by atoms with Gasteiger partial charge in [0.15, 0.2) is 5.76 Å². The van der Waals surface area contributed by atoms with E-state index in [1.807, 2.05) is 32.0 Å². The number of halogens is 1. The van der Waals surface area contributed by atoms with Crippen LogP contribution < -0.4 is 10.6 Å². The summed E-state index contributed by atoms with van der Waals surface area (Å²) >= 11 is 1.50. The number of hydrogen-bond acceptors (Lipinski definition) is 5. The molecule has 5 nitrogen and oxygen atoms in total. The summed E-state index contributed by atoms with van der Waals surface area (Å²) in [6.45, 7) is 4.02. The largest absolute Gasteiger partial charge is 0.459 e. The minimum Gasteiger partial charge on any atom is -0.459 e. The molecular formula is C23H20FN3O2S. The third-order valence-electron chi connectivity index (χ3n) is 4.85. The summed E-state index contributed by atoms with van der Waals surface area (Å²) in [5, 5.41) is 7.12. The maximum Gasteiger partial charge on any atom is 0.291 e. The Hall–Kier alpha value is -3.45. The molecule has 0 saturated carbocycles. The topological polar surface area (TPSA) is 67.2 Å². The standard InChI is InChI=1S/C23H20FN3O2S/c1-14-15(2)30-23(27-22(28)18-6-5-13-29-18)20(14)21(16-8-10-17(24)11-9-16)26-19-7-3-4-12-25-19/h3-13,21H,1-2H3,(H,25,26)(H,27,28)/t21-/m0/s1. The van der Waals surface area contributed by atoms with E-state index in [9.17, 15) is 9.18 Å². The van der Waals surface area contributed by atoms with Crippen molar-refractivity contribution in [3.63, 3.8) is 0 Å². The van der Waals surface area contributed by atoms with Gasteiger partial charge in [0, 0.05) is 16.6 Å². The number of rotatable bonds is 6. The van der Waals surface area contributed by atoms with Gasteiger partial charge in [-0.05, 0) is 61.4 Å². The van der Waals surface area contributed by atoms with Crippen molar-refractivity contribution in [3.8, 4) is 0 Å². The fraction of sp³-hybridized carbons (Fsp3) is 0.130.